The molecular weight excluding hydrogens is 398 g/mol. The van der Waals surface area contributed by atoms with Gasteiger partial charge in [-0.1, -0.05) is 25.4 Å². The van der Waals surface area contributed by atoms with Gasteiger partial charge in [0.1, 0.15) is 12.1 Å². The summed E-state index contributed by atoms with van der Waals surface area (Å²) in [4.78, 5) is 50.0. The molecule has 0 saturated carbocycles. The second-order valence-corrected chi connectivity index (χ2v) is 8.15. The molecule has 29 heavy (non-hydrogen) atoms. The molecule has 2 rings (SSSR count). The standard InChI is InChI=1S/C20H26ClN3O5/c1-12(2)9-10-20(4)18(27)24(19(28)23-20)11-16(25)29-13(3)17(26)22-15-7-5-14(21)6-8-15/h5-8,12-13H,9-11H2,1-4H3,(H,22,26)(H,23,28)/t13-,20-/m0/s1. The Morgan fingerprint density at radius 3 is 2.41 bits per heavy atom. The van der Waals surface area contributed by atoms with Gasteiger partial charge in [0.15, 0.2) is 6.10 Å². The zero-order valence-electron chi connectivity index (χ0n) is 17.0. The van der Waals surface area contributed by atoms with E-state index in [1.54, 1.807) is 31.2 Å². The number of nitrogens with one attached hydrogen (secondary N) is 2. The molecule has 1 saturated heterocycles. The van der Waals surface area contributed by atoms with Gasteiger partial charge in [0.2, 0.25) is 0 Å². The minimum absolute atomic E-state index is 0.371. The van der Waals surface area contributed by atoms with Crippen LogP contribution >= 0.6 is 11.6 Å². The number of urea groups is 1. The van der Waals surface area contributed by atoms with Gasteiger partial charge < -0.3 is 15.4 Å². The van der Waals surface area contributed by atoms with Gasteiger partial charge in [-0.25, -0.2) is 4.79 Å². The van der Waals surface area contributed by atoms with E-state index in [4.69, 9.17) is 16.3 Å². The lowest BCUT2D eigenvalue weighted by molar-refractivity contribution is -0.155. The van der Waals surface area contributed by atoms with Crippen molar-refractivity contribution in [2.45, 2.75) is 52.2 Å². The summed E-state index contributed by atoms with van der Waals surface area (Å²) in [6, 6.07) is 5.81. The molecule has 0 unspecified atom stereocenters. The lowest BCUT2D eigenvalue weighted by Gasteiger charge is -2.22. The van der Waals surface area contributed by atoms with Crippen LogP contribution in [0.15, 0.2) is 24.3 Å². The number of esters is 1. The minimum atomic E-state index is -1.11. The molecule has 1 heterocycles. The Morgan fingerprint density at radius 1 is 1.21 bits per heavy atom. The summed E-state index contributed by atoms with van der Waals surface area (Å²) < 4.78 is 5.08. The predicted octanol–water partition coefficient (Wildman–Crippen LogP) is 2.96. The SMILES string of the molecule is CC(C)CC[C@]1(C)NC(=O)N(CC(=O)O[C@@H](C)C(=O)Nc2ccc(Cl)cc2)C1=O. The van der Waals surface area contributed by atoms with Crippen molar-refractivity contribution in [3.05, 3.63) is 29.3 Å². The fraction of sp³-hybridized carbons (Fsp3) is 0.500. The second kappa shape index (κ2) is 9.26. The first kappa shape index (κ1) is 22.7. The summed E-state index contributed by atoms with van der Waals surface area (Å²) in [6.07, 6.45) is 0.120. The molecular formula is C20H26ClN3O5. The van der Waals surface area contributed by atoms with Crippen LogP contribution in [0.3, 0.4) is 0 Å². The zero-order valence-corrected chi connectivity index (χ0v) is 17.7. The van der Waals surface area contributed by atoms with E-state index in [1.807, 2.05) is 13.8 Å². The summed E-state index contributed by atoms with van der Waals surface area (Å²) in [6.45, 7) is 6.54. The van der Waals surface area contributed by atoms with Gasteiger partial charge in [-0.2, -0.15) is 0 Å². The Kier molecular flexibility index (Phi) is 7.24. The van der Waals surface area contributed by atoms with Crippen LogP contribution in [0.4, 0.5) is 10.5 Å². The monoisotopic (exact) mass is 423 g/mol. The van der Waals surface area contributed by atoms with E-state index in [1.165, 1.54) is 6.92 Å². The van der Waals surface area contributed by atoms with Crippen LogP contribution in [-0.2, 0) is 19.1 Å². The van der Waals surface area contributed by atoms with Crippen molar-refractivity contribution in [2.75, 3.05) is 11.9 Å². The molecule has 2 N–H and O–H groups in total. The van der Waals surface area contributed by atoms with Crippen molar-refractivity contribution in [3.8, 4) is 0 Å². The van der Waals surface area contributed by atoms with E-state index in [2.05, 4.69) is 10.6 Å². The minimum Gasteiger partial charge on any atom is -0.451 e. The molecule has 1 aromatic rings. The second-order valence-electron chi connectivity index (χ2n) is 7.71. The van der Waals surface area contributed by atoms with Crippen LogP contribution in [0.1, 0.15) is 40.5 Å². The number of nitrogens with zero attached hydrogens (tertiary/aromatic N) is 1. The Labute approximate surface area is 174 Å². The van der Waals surface area contributed by atoms with Crippen molar-refractivity contribution >= 4 is 41.1 Å². The van der Waals surface area contributed by atoms with Gasteiger partial charge >= 0.3 is 12.0 Å². The zero-order chi connectivity index (χ0) is 21.8. The fourth-order valence-corrected chi connectivity index (χ4v) is 2.96. The number of hydrogen-bond donors (Lipinski definition) is 2. The Balaban J connectivity index is 1.90. The average molecular weight is 424 g/mol. The number of anilines is 1. The molecule has 1 aromatic carbocycles. The van der Waals surface area contributed by atoms with E-state index in [0.717, 1.165) is 11.3 Å². The highest BCUT2D eigenvalue weighted by Crippen LogP contribution is 2.24. The number of hydrogen-bond acceptors (Lipinski definition) is 5. The molecule has 0 bridgehead atoms. The Morgan fingerprint density at radius 2 is 1.83 bits per heavy atom. The predicted molar refractivity (Wildman–Crippen MR) is 108 cm³/mol. The molecule has 0 aliphatic carbocycles. The molecule has 1 aliphatic heterocycles. The maximum Gasteiger partial charge on any atom is 0.327 e. The van der Waals surface area contributed by atoms with Gasteiger partial charge in [0, 0.05) is 10.7 Å². The van der Waals surface area contributed by atoms with Gasteiger partial charge in [0.25, 0.3) is 11.8 Å². The summed E-state index contributed by atoms with van der Waals surface area (Å²) in [5.74, 6) is -1.49. The van der Waals surface area contributed by atoms with Crippen molar-refractivity contribution in [1.29, 1.82) is 0 Å². The Bertz CT molecular complexity index is 796. The van der Waals surface area contributed by atoms with Crippen LogP contribution in [0.5, 0.6) is 0 Å². The molecule has 1 aliphatic rings. The normalized spacial score (nSPS) is 19.9. The van der Waals surface area contributed by atoms with Crippen LogP contribution in [-0.4, -0.2) is 46.9 Å². The summed E-state index contributed by atoms with van der Waals surface area (Å²) >= 11 is 5.79. The smallest absolute Gasteiger partial charge is 0.327 e. The first-order valence-corrected chi connectivity index (χ1v) is 9.79. The van der Waals surface area contributed by atoms with Crippen LogP contribution in [0, 0.1) is 5.92 Å². The highest BCUT2D eigenvalue weighted by Gasteiger charge is 2.48. The molecule has 158 valence electrons. The van der Waals surface area contributed by atoms with Gasteiger partial charge in [-0.15, -0.1) is 0 Å². The third-order valence-electron chi connectivity index (χ3n) is 4.64. The van der Waals surface area contributed by atoms with E-state index >= 15 is 0 Å². The molecule has 2 atom stereocenters. The highest BCUT2D eigenvalue weighted by atomic mass is 35.5. The van der Waals surface area contributed by atoms with Crippen molar-refractivity contribution in [3.63, 3.8) is 0 Å². The number of carbonyl (C=O) groups is 4. The number of ether oxygens (including phenoxy) is 1. The number of halogens is 1. The first-order valence-electron chi connectivity index (χ1n) is 9.42. The first-order chi connectivity index (χ1) is 13.5. The maximum absolute atomic E-state index is 12.6. The van der Waals surface area contributed by atoms with Crippen LogP contribution in [0.2, 0.25) is 5.02 Å². The lowest BCUT2D eigenvalue weighted by Crippen LogP contribution is -2.44. The third-order valence-corrected chi connectivity index (χ3v) is 4.90. The topological polar surface area (TPSA) is 105 Å². The van der Waals surface area contributed by atoms with Crippen LogP contribution < -0.4 is 10.6 Å². The van der Waals surface area contributed by atoms with E-state index in [9.17, 15) is 19.2 Å². The summed E-state index contributed by atoms with van der Waals surface area (Å²) in [5, 5.41) is 5.76. The quantitative estimate of drug-likeness (QED) is 0.494. The van der Waals surface area contributed by atoms with E-state index < -0.39 is 42.0 Å². The number of imide groups is 1. The number of amides is 4. The molecule has 4 amide bonds. The largest absolute Gasteiger partial charge is 0.451 e. The van der Waals surface area contributed by atoms with Crippen LogP contribution in [0.25, 0.3) is 0 Å². The fourth-order valence-electron chi connectivity index (χ4n) is 2.83. The Hall–Kier alpha value is -2.61. The van der Waals surface area contributed by atoms with E-state index in [0.29, 0.717) is 23.0 Å². The number of carbonyl (C=O) groups excluding carboxylic acids is 4. The molecule has 0 radical (unpaired) electrons. The van der Waals surface area contributed by atoms with Gasteiger partial charge in [-0.3, -0.25) is 19.3 Å². The van der Waals surface area contributed by atoms with Crippen molar-refractivity contribution in [1.82, 2.24) is 10.2 Å². The third kappa shape index (κ3) is 5.93. The number of benzene rings is 1. The lowest BCUT2D eigenvalue weighted by atomic mass is 9.92. The average Bonchev–Trinajstić information content (AvgIpc) is 2.85. The van der Waals surface area contributed by atoms with Crippen molar-refractivity contribution in [2.24, 2.45) is 5.92 Å². The van der Waals surface area contributed by atoms with E-state index in [-0.39, 0.29) is 0 Å². The molecule has 1 fully saturated rings. The molecule has 0 aromatic heterocycles. The highest BCUT2D eigenvalue weighted by molar-refractivity contribution is 6.30. The summed E-state index contributed by atoms with van der Waals surface area (Å²) in [5.41, 5.74) is -0.545. The molecule has 9 heteroatoms. The van der Waals surface area contributed by atoms with Crippen molar-refractivity contribution < 1.29 is 23.9 Å². The molecule has 8 nitrogen and oxygen atoms in total. The maximum atomic E-state index is 12.6. The van der Waals surface area contributed by atoms with Gasteiger partial charge in [0.05, 0.1) is 0 Å². The van der Waals surface area contributed by atoms with Gasteiger partial charge in [-0.05, 0) is 56.9 Å². The molecule has 0 spiro atoms. The number of rotatable bonds is 8. The summed E-state index contributed by atoms with van der Waals surface area (Å²) in [7, 11) is 0.